The number of rotatable bonds is 6. The van der Waals surface area contributed by atoms with Crippen molar-refractivity contribution in [3.8, 4) is 0 Å². The Morgan fingerprint density at radius 2 is 1.11 bits per heavy atom. The third kappa shape index (κ3) is 23.1. The van der Waals surface area contributed by atoms with E-state index in [9.17, 15) is 34.4 Å². The van der Waals surface area contributed by atoms with Crippen LogP contribution in [0, 0.1) is 0 Å². The van der Waals surface area contributed by atoms with Crippen molar-refractivity contribution in [1.29, 1.82) is 0 Å². The zero-order valence-electron chi connectivity index (χ0n) is 10.8. The van der Waals surface area contributed by atoms with Crippen LogP contribution in [-0.2, 0) is 34.6 Å². The molecule has 0 unspecified atom stereocenters. The van der Waals surface area contributed by atoms with E-state index in [1.807, 2.05) is 0 Å². The van der Waals surface area contributed by atoms with E-state index in [1.54, 1.807) is 0 Å². The van der Waals surface area contributed by atoms with E-state index in [0.29, 0.717) is 6.26 Å². The molecule has 98 valence electrons. The number of hydrogen-bond donors (Lipinski definition) is 0. The smallest absolute Gasteiger partial charge is 0.747 e. The summed E-state index contributed by atoms with van der Waals surface area (Å²) in [6.45, 7) is 0. The van der Waals surface area contributed by atoms with Gasteiger partial charge in [0.2, 0.25) is 0 Å². The first-order chi connectivity index (χ1) is 6.79. The van der Waals surface area contributed by atoms with Gasteiger partial charge in [0.1, 0.15) is 32.0 Å². The van der Waals surface area contributed by atoms with Gasteiger partial charge in [0, 0.05) is 0 Å². The van der Waals surface area contributed by atoms with E-state index in [4.69, 9.17) is 0 Å². The summed E-state index contributed by atoms with van der Waals surface area (Å²) in [5.41, 5.74) is 0. The van der Waals surface area contributed by atoms with Gasteiger partial charge in [-0.2, -0.15) is 12.7 Å². The van der Waals surface area contributed by atoms with Crippen LogP contribution in [-0.4, -0.2) is 57.4 Å². The molecule has 0 aromatic heterocycles. The predicted molar refractivity (Wildman–Crippen MR) is 46.9 cm³/mol. The third-order valence-electron chi connectivity index (χ3n) is 0.845. The van der Waals surface area contributed by atoms with Gasteiger partial charge < -0.3 is 9.11 Å². The summed E-state index contributed by atoms with van der Waals surface area (Å²) < 4.78 is 86.4. The molecule has 0 aromatic rings. The van der Waals surface area contributed by atoms with Gasteiger partial charge in [-0.1, -0.05) is 0 Å². The number of hydroxylamine groups is 2. The largest absolute Gasteiger partial charge is 1.00 e. The van der Waals surface area contributed by atoms with Crippen molar-refractivity contribution in [2.24, 2.45) is 0 Å². The molecular formula is C3H7NNa3O9S3+. The minimum atomic E-state index is -4.98. The summed E-state index contributed by atoms with van der Waals surface area (Å²) >= 11 is 0. The summed E-state index contributed by atoms with van der Waals surface area (Å²) in [6.07, 6.45) is 0.481. The Morgan fingerprint density at radius 1 is 0.842 bits per heavy atom. The molecule has 0 bridgehead atoms. The van der Waals surface area contributed by atoms with Crippen LogP contribution in [0.3, 0.4) is 0 Å². The Hall–Kier alpha value is 2.69. The molecule has 0 aromatic carbocycles. The molecule has 0 aliphatic carbocycles. The van der Waals surface area contributed by atoms with Gasteiger partial charge in [0.25, 0.3) is 10.1 Å². The topological polar surface area (TPSA) is 161 Å². The standard InChI is InChI=1S/C3H9NO9S3.3Na/c1-14(5,6)13-4(2-15(7,8)9)3-16(10,11)12;;;/h2-3H2,1H3,(H,7,8,9)(H,10,11,12);;;/q;3*+1/p-2. The fourth-order valence-electron chi connectivity index (χ4n) is 0.624. The molecular weight excluding hydrogens is 359 g/mol. The second kappa shape index (κ2) is 11.3. The van der Waals surface area contributed by atoms with Gasteiger partial charge >= 0.3 is 88.7 Å². The average molecular weight is 366 g/mol. The number of nitrogens with zero attached hydrogens (tertiary/aromatic N) is 1. The van der Waals surface area contributed by atoms with E-state index >= 15 is 0 Å². The average Bonchev–Trinajstić information content (AvgIpc) is 1.70. The van der Waals surface area contributed by atoms with Crippen molar-refractivity contribution >= 4 is 30.4 Å². The summed E-state index contributed by atoms with van der Waals surface area (Å²) in [6, 6.07) is 0. The van der Waals surface area contributed by atoms with E-state index in [-0.39, 0.29) is 93.7 Å². The monoisotopic (exact) mass is 366 g/mol. The third-order valence-corrected chi connectivity index (χ3v) is 2.54. The maximum absolute atomic E-state index is 10.6. The molecule has 0 saturated carbocycles. The van der Waals surface area contributed by atoms with Gasteiger partial charge in [0.05, 0.1) is 6.26 Å². The Kier molecular flexibility index (Phi) is 17.6. The van der Waals surface area contributed by atoms with E-state index in [2.05, 4.69) is 4.28 Å². The molecule has 0 amide bonds. The van der Waals surface area contributed by atoms with Crippen molar-refractivity contribution in [2.75, 3.05) is 18.0 Å². The zero-order valence-corrected chi connectivity index (χ0v) is 19.2. The van der Waals surface area contributed by atoms with Gasteiger partial charge in [0.15, 0.2) is 0 Å². The molecule has 0 saturated heterocycles. The van der Waals surface area contributed by atoms with Crippen LogP contribution in [0.15, 0.2) is 0 Å². The van der Waals surface area contributed by atoms with Crippen LogP contribution in [0.25, 0.3) is 0 Å². The second-order valence-corrected chi connectivity index (χ2v) is 6.94. The molecule has 16 heteroatoms. The molecule has 0 rings (SSSR count). The van der Waals surface area contributed by atoms with E-state index in [1.165, 1.54) is 0 Å². The van der Waals surface area contributed by atoms with Crippen molar-refractivity contribution in [3.63, 3.8) is 0 Å². The molecule has 0 heterocycles. The first-order valence-corrected chi connectivity index (χ1v) is 8.27. The molecule has 0 N–H and O–H groups in total. The Balaban J connectivity index is -0.000000375. The van der Waals surface area contributed by atoms with Crippen LogP contribution in [0.4, 0.5) is 0 Å². The molecule has 19 heavy (non-hydrogen) atoms. The van der Waals surface area contributed by atoms with E-state index in [0.717, 1.165) is 0 Å². The molecule has 0 radical (unpaired) electrons. The molecule has 0 atom stereocenters. The van der Waals surface area contributed by atoms with Crippen molar-refractivity contribution in [1.82, 2.24) is 5.06 Å². The maximum Gasteiger partial charge on any atom is 1.00 e. The van der Waals surface area contributed by atoms with Crippen LogP contribution in [0.2, 0.25) is 0 Å². The summed E-state index contributed by atoms with van der Waals surface area (Å²) in [4.78, 5) is 0. The van der Waals surface area contributed by atoms with Crippen molar-refractivity contribution < 1.29 is 127 Å². The number of hydrogen-bond acceptors (Lipinski definition) is 10. The minimum Gasteiger partial charge on any atom is -0.747 e. The second-order valence-electron chi connectivity index (χ2n) is 2.63. The van der Waals surface area contributed by atoms with Crippen LogP contribution in [0.5, 0.6) is 0 Å². The first kappa shape index (κ1) is 29.7. The molecule has 0 aliphatic heterocycles. The normalized spacial score (nSPS) is 12.0. The molecule has 0 aliphatic rings. The minimum absolute atomic E-state index is 0. The van der Waals surface area contributed by atoms with Gasteiger partial charge in [-0.3, -0.25) is 0 Å². The van der Waals surface area contributed by atoms with Crippen LogP contribution < -0.4 is 88.7 Å². The summed E-state index contributed by atoms with van der Waals surface area (Å²) in [5.74, 6) is -3.16. The Bertz CT molecular complexity index is 458. The van der Waals surface area contributed by atoms with Gasteiger partial charge in [-0.15, -0.1) is 5.06 Å². The summed E-state index contributed by atoms with van der Waals surface area (Å²) in [5, 5.41) is -0.264. The maximum atomic E-state index is 10.6. The van der Waals surface area contributed by atoms with Crippen LogP contribution in [0.1, 0.15) is 0 Å². The van der Waals surface area contributed by atoms with Crippen molar-refractivity contribution in [3.05, 3.63) is 0 Å². The molecule has 10 nitrogen and oxygen atoms in total. The van der Waals surface area contributed by atoms with Crippen LogP contribution >= 0.6 is 0 Å². The predicted octanol–water partition coefficient (Wildman–Crippen LogP) is -11.8. The summed E-state index contributed by atoms with van der Waals surface area (Å²) in [7, 11) is -14.2. The zero-order chi connectivity index (χ0) is 13.2. The Labute approximate surface area is 178 Å². The SMILES string of the molecule is CS(=O)(=O)ON(CS(=O)(=O)[O-])CS(=O)(=O)[O-].[Na+].[Na+].[Na+]. The fourth-order valence-corrected chi connectivity index (χ4v) is 2.36. The fraction of sp³-hybridized carbons (Fsp3) is 1.00. The van der Waals surface area contributed by atoms with Gasteiger partial charge in [-0.05, 0) is 0 Å². The van der Waals surface area contributed by atoms with Crippen molar-refractivity contribution in [2.45, 2.75) is 0 Å². The quantitative estimate of drug-likeness (QED) is 0.251. The van der Waals surface area contributed by atoms with Gasteiger partial charge in [-0.25, -0.2) is 16.8 Å². The van der Waals surface area contributed by atoms with E-state index < -0.39 is 42.1 Å². The molecule has 0 fully saturated rings. The first-order valence-electron chi connectivity index (χ1n) is 3.30. The Morgan fingerprint density at radius 3 is 1.26 bits per heavy atom. The molecule has 0 spiro atoms.